The number of alkyl carbamates (subject to hydrolysis) is 1. The van der Waals surface area contributed by atoms with Gasteiger partial charge in [-0.25, -0.2) is 4.79 Å². The lowest BCUT2D eigenvalue weighted by atomic mass is 10.0. The fourth-order valence-corrected chi connectivity index (χ4v) is 2.22. The van der Waals surface area contributed by atoms with Crippen molar-refractivity contribution in [2.75, 3.05) is 6.61 Å². The van der Waals surface area contributed by atoms with Gasteiger partial charge in [0.2, 0.25) is 0 Å². The highest BCUT2D eigenvalue weighted by atomic mass is 16.6. The van der Waals surface area contributed by atoms with Gasteiger partial charge < -0.3 is 20.1 Å². The number of aromatic nitrogens is 1. The first-order valence-electron chi connectivity index (χ1n) is 7.04. The normalized spacial score (nSPS) is 13.1. The quantitative estimate of drug-likeness (QED) is 0.810. The minimum Gasteiger partial charge on any atom is -0.444 e. The van der Waals surface area contributed by atoms with Crippen LogP contribution in [0.15, 0.2) is 30.5 Å². The highest BCUT2D eigenvalue weighted by Gasteiger charge is 2.19. The molecule has 0 spiro atoms. The maximum absolute atomic E-state index is 11.8. The Morgan fingerprint density at radius 3 is 2.81 bits per heavy atom. The largest absolute Gasteiger partial charge is 0.444 e. The molecule has 21 heavy (non-hydrogen) atoms. The number of ether oxygens (including phenoxy) is 1. The van der Waals surface area contributed by atoms with Crippen molar-refractivity contribution in [1.29, 1.82) is 0 Å². The molecule has 2 aromatic rings. The Labute approximate surface area is 124 Å². The Kier molecular flexibility index (Phi) is 4.53. The predicted octanol–water partition coefficient (Wildman–Crippen LogP) is 2.60. The number of rotatable bonds is 4. The number of para-hydroxylation sites is 1. The third kappa shape index (κ3) is 4.23. The average molecular weight is 290 g/mol. The van der Waals surface area contributed by atoms with Gasteiger partial charge >= 0.3 is 6.09 Å². The summed E-state index contributed by atoms with van der Waals surface area (Å²) >= 11 is 0. The Morgan fingerprint density at radius 1 is 1.38 bits per heavy atom. The van der Waals surface area contributed by atoms with E-state index in [9.17, 15) is 9.90 Å². The van der Waals surface area contributed by atoms with Crippen LogP contribution in [0.2, 0.25) is 0 Å². The summed E-state index contributed by atoms with van der Waals surface area (Å²) in [7, 11) is 0. The van der Waals surface area contributed by atoms with Gasteiger partial charge in [-0.15, -0.1) is 0 Å². The molecule has 2 rings (SSSR count). The number of benzene rings is 1. The van der Waals surface area contributed by atoms with Crippen molar-refractivity contribution in [3.8, 4) is 0 Å². The SMILES string of the molecule is CC(C)(C)OC(=O)NC(CO)Cc1cccc2cc[nH]c12. The summed E-state index contributed by atoms with van der Waals surface area (Å²) in [6.07, 6.45) is 1.90. The Morgan fingerprint density at radius 2 is 2.14 bits per heavy atom. The molecule has 0 aliphatic heterocycles. The predicted molar refractivity (Wildman–Crippen MR) is 82.2 cm³/mol. The third-order valence-corrected chi connectivity index (χ3v) is 3.08. The number of H-pyrrole nitrogens is 1. The number of aliphatic hydroxyl groups is 1. The van der Waals surface area contributed by atoms with Crippen molar-refractivity contribution in [2.45, 2.75) is 38.8 Å². The summed E-state index contributed by atoms with van der Waals surface area (Å²) in [4.78, 5) is 15.0. The van der Waals surface area contributed by atoms with Crippen molar-refractivity contribution in [2.24, 2.45) is 0 Å². The number of hydrogen-bond donors (Lipinski definition) is 3. The van der Waals surface area contributed by atoms with Crippen molar-refractivity contribution in [3.63, 3.8) is 0 Å². The van der Waals surface area contributed by atoms with Gasteiger partial charge in [-0.3, -0.25) is 0 Å². The van der Waals surface area contributed by atoms with Gasteiger partial charge in [0.1, 0.15) is 5.60 Å². The van der Waals surface area contributed by atoms with Crippen molar-refractivity contribution < 1.29 is 14.6 Å². The molecule has 0 fully saturated rings. The van der Waals surface area contributed by atoms with E-state index in [0.717, 1.165) is 16.5 Å². The van der Waals surface area contributed by atoms with E-state index in [1.165, 1.54) is 0 Å². The van der Waals surface area contributed by atoms with Crippen LogP contribution < -0.4 is 5.32 Å². The lowest BCUT2D eigenvalue weighted by Gasteiger charge is -2.23. The zero-order chi connectivity index (χ0) is 15.5. The van der Waals surface area contributed by atoms with Gasteiger partial charge in [-0.05, 0) is 44.2 Å². The first-order valence-corrected chi connectivity index (χ1v) is 7.04. The lowest BCUT2D eigenvalue weighted by Crippen LogP contribution is -2.42. The Bertz CT molecular complexity index is 613. The molecule has 0 saturated heterocycles. The van der Waals surface area contributed by atoms with E-state index in [1.54, 1.807) is 20.8 Å². The molecular formula is C16H22N2O3. The molecular weight excluding hydrogens is 268 g/mol. The minimum atomic E-state index is -0.552. The van der Waals surface area contributed by atoms with Crippen molar-refractivity contribution >= 4 is 17.0 Å². The molecule has 0 aliphatic rings. The van der Waals surface area contributed by atoms with Gasteiger partial charge in [0, 0.05) is 11.7 Å². The number of fused-ring (bicyclic) bond motifs is 1. The number of aliphatic hydroxyl groups excluding tert-OH is 1. The molecule has 114 valence electrons. The molecule has 0 radical (unpaired) electrons. The van der Waals surface area contributed by atoms with Crippen molar-refractivity contribution in [3.05, 3.63) is 36.0 Å². The number of nitrogens with one attached hydrogen (secondary N) is 2. The third-order valence-electron chi connectivity index (χ3n) is 3.08. The van der Waals surface area contributed by atoms with Crippen LogP contribution in [0.5, 0.6) is 0 Å². The second-order valence-corrected chi connectivity index (χ2v) is 6.09. The highest BCUT2D eigenvalue weighted by Crippen LogP contribution is 2.18. The zero-order valence-corrected chi connectivity index (χ0v) is 12.6. The summed E-state index contributed by atoms with van der Waals surface area (Å²) in [5.74, 6) is 0. The second-order valence-electron chi connectivity index (χ2n) is 6.09. The van der Waals surface area contributed by atoms with Crippen LogP contribution in [0.3, 0.4) is 0 Å². The summed E-state index contributed by atoms with van der Waals surface area (Å²) in [6, 6.07) is 7.58. The van der Waals surface area contributed by atoms with Crippen LogP contribution in [-0.4, -0.2) is 34.4 Å². The van der Waals surface area contributed by atoms with Gasteiger partial charge in [0.25, 0.3) is 0 Å². The molecule has 5 heteroatoms. The van der Waals surface area contributed by atoms with E-state index in [-0.39, 0.29) is 12.6 Å². The monoisotopic (exact) mass is 290 g/mol. The summed E-state index contributed by atoms with van der Waals surface area (Å²) in [6.45, 7) is 5.27. The van der Waals surface area contributed by atoms with E-state index in [1.807, 2.05) is 30.5 Å². The standard InChI is InChI=1S/C16H22N2O3/c1-16(2,3)21-15(20)18-13(10-19)9-12-6-4-5-11-7-8-17-14(11)12/h4-8,13,17,19H,9-10H2,1-3H3,(H,18,20). The molecule has 1 atom stereocenters. The van der Waals surface area contributed by atoms with Crippen LogP contribution in [0, 0.1) is 0 Å². The number of carbonyl (C=O) groups is 1. The first-order chi connectivity index (χ1) is 9.89. The molecule has 3 N–H and O–H groups in total. The molecule has 0 aliphatic carbocycles. The maximum atomic E-state index is 11.8. The van der Waals surface area contributed by atoms with Gasteiger partial charge in [0.05, 0.1) is 12.6 Å². The average Bonchev–Trinajstić information content (AvgIpc) is 2.84. The summed E-state index contributed by atoms with van der Waals surface area (Å²) in [5.41, 5.74) is 1.53. The van der Waals surface area contributed by atoms with E-state index in [4.69, 9.17) is 4.74 Å². The molecule has 1 amide bonds. The van der Waals surface area contributed by atoms with Crippen molar-refractivity contribution in [1.82, 2.24) is 10.3 Å². The number of amides is 1. The lowest BCUT2D eigenvalue weighted by molar-refractivity contribution is 0.0483. The van der Waals surface area contributed by atoms with Crippen LogP contribution in [-0.2, 0) is 11.2 Å². The molecule has 5 nitrogen and oxygen atoms in total. The van der Waals surface area contributed by atoms with E-state index >= 15 is 0 Å². The van der Waals surface area contributed by atoms with Crippen LogP contribution in [0.1, 0.15) is 26.3 Å². The topological polar surface area (TPSA) is 74.3 Å². The molecule has 1 heterocycles. The highest BCUT2D eigenvalue weighted by molar-refractivity contribution is 5.82. The van der Waals surface area contributed by atoms with Gasteiger partial charge in [-0.1, -0.05) is 18.2 Å². The Balaban J connectivity index is 2.05. The second kappa shape index (κ2) is 6.18. The zero-order valence-electron chi connectivity index (χ0n) is 12.6. The van der Waals surface area contributed by atoms with Crippen LogP contribution in [0.4, 0.5) is 4.79 Å². The molecule has 0 saturated carbocycles. The van der Waals surface area contributed by atoms with Gasteiger partial charge in [-0.2, -0.15) is 0 Å². The number of aromatic amines is 1. The van der Waals surface area contributed by atoms with Gasteiger partial charge in [0.15, 0.2) is 0 Å². The Hall–Kier alpha value is -2.01. The maximum Gasteiger partial charge on any atom is 0.407 e. The molecule has 1 aromatic carbocycles. The fraction of sp³-hybridized carbons (Fsp3) is 0.438. The molecule has 0 bridgehead atoms. The fourth-order valence-electron chi connectivity index (χ4n) is 2.22. The molecule has 1 aromatic heterocycles. The minimum absolute atomic E-state index is 0.143. The van der Waals surface area contributed by atoms with E-state index in [2.05, 4.69) is 10.3 Å². The number of carbonyl (C=O) groups excluding carboxylic acids is 1. The van der Waals surface area contributed by atoms with Crippen LogP contribution >= 0.6 is 0 Å². The summed E-state index contributed by atoms with van der Waals surface area (Å²) in [5, 5.41) is 13.3. The summed E-state index contributed by atoms with van der Waals surface area (Å²) < 4.78 is 5.21. The van der Waals surface area contributed by atoms with E-state index in [0.29, 0.717) is 6.42 Å². The van der Waals surface area contributed by atoms with E-state index < -0.39 is 11.7 Å². The first kappa shape index (κ1) is 15.4. The van der Waals surface area contributed by atoms with Crippen LogP contribution in [0.25, 0.3) is 10.9 Å². The molecule has 1 unspecified atom stereocenters. The smallest absolute Gasteiger partial charge is 0.407 e. The number of hydrogen-bond acceptors (Lipinski definition) is 3.